The van der Waals surface area contributed by atoms with E-state index in [0.717, 1.165) is 22.4 Å². The molecule has 1 N–H and O–H groups in total. The number of hydrogen-bond donors (Lipinski definition) is 1. The molecule has 4 aromatic rings. The molecular weight excluding hydrogens is 408 g/mol. The monoisotopic (exact) mass is 426 g/mol. The largest absolute Gasteiger partial charge is 0.454 e. The minimum absolute atomic E-state index is 0.103. The number of nitrogens with one attached hydrogen (secondary N) is 1. The van der Waals surface area contributed by atoms with E-state index in [-0.39, 0.29) is 18.6 Å². The molecule has 0 aliphatic carbocycles. The highest BCUT2D eigenvalue weighted by atomic mass is 16.7. The van der Waals surface area contributed by atoms with E-state index in [2.05, 4.69) is 25.6 Å². The average Bonchev–Trinajstić information content (AvgIpc) is 3.43. The van der Waals surface area contributed by atoms with E-state index in [4.69, 9.17) is 9.47 Å². The van der Waals surface area contributed by atoms with Crippen molar-refractivity contribution in [1.29, 1.82) is 0 Å². The Bertz CT molecular complexity index is 1350. The zero-order valence-electron chi connectivity index (χ0n) is 17.1. The second kappa shape index (κ2) is 7.16. The molecule has 158 valence electrons. The minimum atomic E-state index is -0.174. The number of amides is 1. The molecule has 0 spiro atoms. The number of rotatable bonds is 3. The first kappa shape index (κ1) is 18.5. The van der Waals surface area contributed by atoms with E-state index in [0.29, 0.717) is 35.4 Å². The van der Waals surface area contributed by atoms with Crippen LogP contribution in [0.4, 0.5) is 5.82 Å². The van der Waals surface area contributed by atoms with Gasteiger partial charge in [0.25, 0.3) is 5.95 Å². The normalized spacial score (nSPS) is 16.5. The minimum Gasteiger partial charge on any atom is -0.454 e. The maximum atomic E-state index is 12.7. The summed E-state index contributed by atoms with van der Waals surface area (Å²) in [5.41, 5.74) is 4.27. The van der Waals surface area contributed by atoms with Crippen molar-refractivity contribution in [3.05, 3.63) is 71.5 Å². The van der Waals surface area contributed by atoms with E-state index < -0.39 is 0 Å². The predicted molar refractivity (Wildman–Crippen MR) is 115 cm³/mol. The van der Waals surface area contributed by atoms with Crippen LogP contribution in [0.5, 0.6) is 11.5 Å². The van der Waals surface area contributed by atoms with Crippen LogP contribution in [0.2, 0.25) is 0 Å². The van der Waals surface area contributed by atoms with Gasteiger partial charge in [-0.15, -0.1) is 5.10 Å². The van der Waals surface area contributed by atoms with Gasteiger partial charge in [-0.05, 0) is 24.6 Å². The fourth-order valence-electron chi connectivity index (χ4n) is 4.24. The topological polar surface area (TPSA) is 104 Å². The zero-order chi connectivity index (χ0) is 21.7. The molecule has 6 rings (SSSR count). The first-order chi connectivity index (χ1) is 15.7. The van der Waals surface area contributed by atoms with Crippen LogP contribution in [-0.2, 0) is 4.79 Å². The van der Waals surface area contributed by atoms with Crippen molar-refractivity contribution in [3.8, 4) is 28.7 Å². The van der Waals surface area contributed by atoms with E-state index in [1.165, 1.54) is 0 Å². The molecule has 2 aromatic heterocycles. The van der Waals surface area contributed by atoms with Crippen LogP contribution in [0.3, 0.4) is 0 Å². The molecule has 4 heterocycles. The molecule has 2 aromatic carbocycles. The molecule has 9 nitrogen and oxygen atoms in total. The van der Waals surface area contributed by atoms with Crippen LogP contribution >= 0.6 is 0 Å². The number of carbonyl (C=O) groups excluding carboxylic acids is 1. The summed E-state index contributed by atoms with van der Waals surface area (Å²) in [5.74, 6) is 1.97. The number of nitrogens with zero attached hydrogens (tertiary/aromatic N) is 5. The van der Waals surface area contributed by atoms with Crippen LogP contribution in [0, 0.1) is 6.92 Å². The second-order valence-corrected chi connectivity index (χ2v) is 7.68. The summed E-state index contributed by atoms with van der Waals surface area (Å²) in [4.78, 5) is 17.3. The van der Waals surface area contributed by atoms with Crippen molar-refractivity contribution < 1.29 is 14.3 Å². The van der Waals surface area contributed by atoms with Crippen molar-refractivity contribution in [2.75, 3.05) is 12.1 Å². The number of carbonyl (C=O) groups is 1. The van der Waals surface area contributed by atoms with Crippen LogP contribution in [0.15, 0.2) is 54.7 Å². The van der Waals surface area contributed by atoms with Gasteiger partial charge in [-0.3, -0.25) is 4.79 Å². The van der Waals surface area contributed by atoms with Gasteiger partial charge in [-0.1, -0.05) is 36.4 Å². The highest BCUT2D eigenvalue weighted by Gasteiger charge is 2.34. The summed E-state index contributed by atoms with van der Waals surface area (Å²) in [7, 11) is 0. The van der Waals surface area contributed by atoms with E-state index >= 15 is 0 Å². The van der Waals surface area contributed by atoms with Gasteiger partial charge in [0.2, 0.25) is 12.7 Å². The van der Waals surface area contributed by atoms with E-state index in [1.807, 2.05) is 55.5 Å². The molecular formula is C23H18N6O3. The predicted octanol–water partition coefficient (Wildman–Crippen LogP) is 3.24. The average molecular weight is 426 g/mol. The molecule has 9 heteroatoms. The summed E-state index contributed by atoms with van der Waals surface area (Å²) < 4.78 is 12.5. The Balaban J connectivity index is 1.45. The van der Waals surface area contributed by atoms with Crippen molar-refractivity contribution >= 4 is 11.7 Å². The summed E-state index contributed by atoms with van der Waals surface area (Å²) >= 11 is 0. The Morgan fingerprint density at radius 3 is 2.81 bits per heavy atom. The number of aryl methyl sites for hydroxylation is 1. The van der Waals surface area contributed by atoms with Crippen molar-refractivity contribution in [3.63, 3.8) is 0 Å². The molecule has 1 atom stereocenters. The lowest BCUT2D eigenvalue weighted by molar-refractivity contribution is -0.116. The summed E-state index contributed by atoms with van der Waals surface area (Å²) in [6, 6.07) is 15.5. The standard InChI is InChI=1S/C23H18N6O3/c1-13-21-16(15-7-8-18-19(9-15)32-12-31-18)10-20(30)26-22(21)29(28-13)23-25-17(11-24-27-23)14-5-3-2-4-6-14/h2-9,11,16H,10,12H2,1H3,(H,26,30). The molecule has 2 aliphatic rings. The highest BCUT2D eigenvalue weighted by molar-refractivity contribution is 5.95. The molecule has 0 radical (unpaired) electrons. The number of fused-ring (bicyclic) bond motifs is 2. The molecule has 0 saturated heterocycles. The van der Waals surface area contributed by atoms with Crippen LogP contribution in [-0.4, -0.2) is 37.7 Å². The number of hydrogen-bond acceptors (Lipinski definition) is 7. The third-order valence-corrected chi connectivity index (χ3v) is 5.71. The second-order valence-electron chi connectivity index (χ2n) is 7.68. The number of benzene rings is 2. The zero-order valence-corrected chi connectivity index (χ0v) is 17.1. The Morgan fingerprint density at radius 2 is 1.94 bits per heavy atom. The summed E-state index contributed by atoms with van der Waals surface area (Å²) in [5, 5.41) is 15.9. The fraction of sp³-hybridized carbons (Fsp3) is 0.174. The molecule has 0 saturated carbocycles. The molecule has 1 amide bonds. The van der Waals surface area contributed by atoms with Crippen LogP contribution in [0.1, 0.15) is 29.2 Å². The number of aromatic nitrogens is 5. The van der Waals surface area contributed by atoms with Crippen molar-refractivity contribution in [2.45, 2.75) is 19.3 Å². The third-order valence-electron chi connectivity index (χ3n) is 5.71. The van der Waals surface area contributed by atoms with Crippen molar-refractivity contribution in [1.82, 2.24) is 25.0 Å². The molecule has 0 fully saturated rings. The molecule has 2 aliphatic heterocycles. The van der Waals surface area contributed by atoms with Gasteiger partial charge in [0.1, 0.15) is 5.82 Å². The maximum Gasteiger partial charge on any atom is 0.272 e. The van der Waals surface area contributed by atoms with Crippen LogP contribution in [0.25, 0.3) is 17.2 Å². The Hall–Kier alpha value is -4.27. The van der Waals surface area contributed by atoms with E-state index in [9.17, 15) is 4.79 Å². The van der Waals surface area contributed by atoms with E-state index in [1.54, 1.807) is 10.9 Å². The molecule has 0 bridgehead atoms. The van der Waals surface area contributed by atoms with Gasteiger partial charge in [0.15, 0.2) is 11.5 Å². The first-order valence-corrected chi connectivity index (χ1v) is 10.2. The summed E-state index contributed by atoms with van der Waals surface area (Å²) in [6.07, 6.45) is 1.91. The Labute approximate surface area is 183 Å². The fourth-order valence-corrected chi connectivity index (χ4v) is 4.24. The Kier molecular flexibility index (Phi) is 4.14. The number of anilines is 1. The lowest BCUT2D eigenvalue weighted by Crippen LogP contribution is -2.25. The lowest BCUT2D eigenvalue weighted by atomic mass is 9.85. The number of ether oxygens (including phenoxy) is 2. The van der Waals surface area contributed by atoms with Crippen molar-refractivity contribution in [2.24, 2.45) is 0 Å². The molecule has 32 heavy (non-hydrogen) atoms. The maximum absolute atomic E-state index is 12.7. The van der Waals surface area contributed by atoms with Gasteiger partial charge in [-0.2, -0.15) is 14.9 Å². The first-order valence-electron chi connectivity index (χ1n) is 10.2. The van der Waals surface area contributed by atoms with Gasteiger partial charge < -0.3 is 14.8 Å². The highest BCUT2D eigenvalue weighted by Crippen LogP contribution is 2.43. The smallest absolute Gasteiger partial charge is 0.272 e. The van der Waals surface area contributed by atoms with Gasteiger partial charge >= 0.3 is 0 Å². The van der Waals surface area contributed by atoms with Gasteiger partial charge in [0.05, 0.1) is 17.6 Å². The Morgan fingerprint density at radius 1 is 1.09 bits per heavy atom. The van der Waals surface area contributed by atoms with Crippen LogP contribution < -0.4 is 14.8 Å². The van der Waals surface area contributed by atoms with Gasteiger partial charge in [0, 0.05) is 23.5 Å². The van der Waals surface area contributed by atoms with Gasteiger partial charge in [-0.25, -0.2) is 4.98 Å². The molecule has 1 unspecified atom stereocenters. The quantitative estimate of drug-likeness (QED) is 0.536. The summed E-state index contributed by atoms with van der Waals surface area (Å²) in [6.45, 7) is 2.12. The lowest BCUT2D eigenvalue weighted by Gasteiger charge is -2.24. The SMILES string of the molecule is Cc1nn(-c2nncc(-c3ccccc3)n2)c2c1C(c1ccc3c(c1)OCO3)CC(=O)N2. The third kappa shape index (κ3) is 2.97.